The van der Waals surface area contributed by atoms with Gasteiger partial charge in [0.15, 0.2) is 0 Å². The highest BCUT2D eigenvalue weighted by atomic mass is 19.4. The molecular weight excluding hydrogens is 165 g/mol. The zero-order valence-corrected chi connectivity index (χ0v) is 6.44. The standard InChI is InChI=1S/C9H7F3/c1-7-3-2-4-8(6-5-7)9(10,11)12/h2,4-6H,1H3. The summed E-state index contributed by atoms with van der Waals surface area (Å²) in [4.78, 5) is 0. The minimum absolute atomic E-state index is 0.646. The topological polar surface area (TPSA) is 0 Å². The van der Waals surface area contributed by atoms with Gasteiger partial charge < -0.3 is 0 Å². The van der Waals surface area contributed by atoms with Crippen LogP contribution in [-0.4, -0.2) is 6.18 Å². The summed E-state index contributed by atoms with van der Waals surface area (Å²) in [6.45, 7) is 1.69. The quantitative estimate of drug-likeness (QED) is 0.492. The van der Waals surface area contributed by atoms with Crippen LogP contribution in [-0.2, 0) is 0 Å². The Kier molecular flexibility index (Phi) is 2.25. The van der Waals surface area contributed by atoms with Crippen LogP contribution < -0.4 is 0 Å². The molecule has 0 atom stereocenters. The third-order valence-electron chi connectivity index (χ3n) is 1.41. The van der Waals surface area contributed by atoms with E-state index in [0.29, 0.717) is 5.57 Å². The van der Waals surface area contributed by atoms with Crippen molar-refractivity contribution in [2.24, 2.45) is 0 Å². The maximum absolute atomic E-state index is 12.1. The van der Waals surface area contributed by atoms with Crippen molar-refractivity contribution < 1.29 is 13.2 Å². The lowest BCUT2D eigenvalue weighted by Crippen LogP contribution is -2.09. The highest BCUT2D eigenvalue weighted by molar-refractivity contribution is 5.35. The SMILES string of the molecule is CC1=C=CC=C(C(F)(F)F)C=C1. The van der Waals surface area contributed by atoms with Gasteiger partial charge in [0.2, 0.25) is 0 Å². The van der Waals surface area contributed by atoms with Crippen LogP contribution in [0.15, 0.2) is 41.2 Å². The van der Waals surface area contributed by atoms with Gasteiger partial charge in [-0.3, -0.25) is 0 Å². The number of alkyl halides is 3. The van der Waals surface area contributed by atoms with Crippen LogP contribution >= 0.6 is 0 Å². The highest BCUT2D eigenvalue weighted by Gasteiger charge is 2.31. The Hall–Kier alpha value is -1.21. The Morgan fingerprint density at radius 1 is 1.25 bits per heavy atom. The van der Waals surface area contributed by atoms with Crippen molar-refractivity contribution in [1.29, 1.82) is 0 Å². The summed E-state index contributed by atoms with van der Waals surface area (Å²) in [6.07, 6.45) is 0.457. The zero-order valence-electron chi connectivity index (χ0n) is 6.44. The molecule has 0 saturated carbocycles. The number of halogens is 3. The van der Waals surface area contributed by atoms with Gasteiger partial charge in [0.1, 0.15) is 0 Å². The first-order valence-electron chi connectivity index (χ1n) is 3.39. The minimum atomic E-state index is -4.26. The van der Waals surface area contributed by atoms with Crippen molar-refractivity contribution in [3.8, 4) is 0 Å². The van der Waals surface area contributed by atoms with E-state index in [1.165, 1.54) is 12.2 Å². The second-order valence-electron chi connectivity index (χ2n) is 2.45. The van der Waals surface area contributed by atoms with Gasteiger partial charge in [0.05, 0.1) is 5.57 Å². The molecule has 0 aliphatic heterocycles. The van der Waals surface area contributed by atoms with E-state index in [0.717, 1.165) is 12.2 Å². The molecule has 1 rings (SSSR count). The van der Waals surface area contributed by atoms with Crippen LogP contribution in [0.3, 0.4) is 0 Å². The van der Waals surface area contributed by atoms with Gasteiger partial charge >= 0.3 is 6.18 Å². The highest BCUT2D eigenvalue weighted by Crippen LogP contribution is 2.27. The normalized spacial score (nSPS) is 17.0. The van der Waals surface area contributed by atoms with Gasteiger partial charge in [-0.2, -0.15) is 13.2 Å². The second kappa shape index (κ2) is 3.03. The molecule has 0 nitrogen and oxygen atoms in total. The first-order valence-corrected chi connectivity index (χ1v) is 3.39. The molecule has 0 fully saturated rings. The van der Waals surface area contributed by atoms with E-state index in [9.17, 15) is 13.2 Å². The second-order valence-corrected chi connectivity index (χ2v) is 2.45. The summed E-state index contributed by atoms with van der Waals surface area (Å²) in [7, 11) is 0. The maximum atomic E-state index is 12.1. The molecule has 0 aromatic rings. The molecule has 64 valence electrons. The maximum Gasteiger partial charge on any atom is 0.416 e. The monoisotopic (exact) mass is 172 g/mol. The van der Waals surface area contributed by atoms with Crippen molar-refractivity contribution in [3.63, 3.8) is 0 Å². The Balaban J connectivity index is 2.96. The lowest BCUT2D eigenvalue weighted by molar-refractivity contribution is -0.0881. The van der Waals surface area contributed by atoms with Crippen LogP contribution in [0.4, 0.5) is 13.2 Å². The molecule has 1 aliphatic rings. The van der Waals surface area contributed by atoms with Crippen LogP contribution in [0.25, 0.3) is 0 Å². The number of hydrogen-bond donors (Lipinski definition) is 0. The average Bonchev–Trinajstić information content (AvgIpc) is 2.11. The van der Waals surface area contributed by atoms with E-state index >= 15 is 0 Å². The Bertz CT molecular complexity index is 296. The number of allylic oxidation sites excluding steroid dienone is 5. The molecule has 3 heteroatoms. The molecule has 0 aromatic heterocycles. The summed E-state index contributed by atoms with van der Waals surface area (Å²) < 4.78 is 36.2. The minimum Gasteiger partial charge on any atom is -0.166 e. The van der Waals surface area contributed by atoms with Gasteiger partial charge in [-0.1, -0.05) is 6.08 Å². The number of rotatable bonds is 0. The van der Waals surface area contributed by atoms with E-state index < -0.39 is 11.7 Å². The lowest BCUT2D eigenvalue weighted by atomic mass is 10.2. The Morgan fingerprint density at radius 2 is 1.92 bits per heavy atom. The predicted molar refractivity (Wildman–Crippen MR) is 40.5 cm³/mol. The molecular formula is C9H7F3. The average molecular weight is 172 g/mol. The smallest absolute Gasteiger partial charge is 0.166 e. The molecule has 0 saturated heterocycles. The fraction of sp³-hybridized carbons (Fsp3) is 0.222. The van der Waals surface area contributed by atoms with E-state index in [1.54, 1.807) is 6.92 Å². The van der Waals surface area contributed by atoms with Crippen LogP contribution in [0.1, 0.15) is 6.92 Å². The molecule has 0 radical (unpaired) electrons. The van der Waals surface area contributed by atoms with Crippen molar-refractivity contribution in [3.05, 3.63) is 41.2 Å². The summed E-state index contributed by atoms with van der Waals surface area (Å²) in [5.41, 5.74) is 2.71. The first kappa shape index (κ1) is 8.88. The van der Waals surface area contributed by atoms with Crippen molar-refractivity contribution in [1.82, 2.24) is 0 Å². The van der Waals surface area contributed by atoms with Crippen LogP contribution in [0.2, 0.25) is 0 Å². The summed E-state index contributed by atoms with van der Waals surface area (Å²) in [5.74, 6) is 0. The van der Waals surface area contributed by atoms with E-state index in [2.05, 4.69) is 5.73 Å². The first-order chi connectivity index (χ1) is 5.50. The van der Waals surface area contributed by atoms with Crippen molar-refractivity contribution in [2.75, 3.05) is 0 Å². The third kappa shape index (κ3) is 2.14. The molecule has 1 aliphatic carbocycles. The zero-order chi connectivity index (χ0) is 9.19. The lowest BCUT2D eigenvalue weighted by Gasteiger charge is -2.04. The molecule has 0 bridgehead atoms. The molecule has 0 heterocycles. The molecule has 0 amide bonds. The molecule has 12 heavy (non-hydrogen) atoms. The Labute approximate surface area is 68.4 Å². The number of hydrogen-bond acceptors (Lipinski definition) is 0. The van der Waals surface area contributed by atoms with Crippen molar-refractivity contribution >= 4 is 0 Å². The largest absolute Gasteiger partial charge is 0.416 e. The summed E-state index contributed by atoms with van der Waals surface area (Å²) in [6, 6.07) is 0. The van der Waals surface area contributed by atoms with E-state index in [-0.39, 0.29) is 0 Å². The van der Waals surface area contributed by atoms with Gasteiger partial charge in [-0.05, 0) is 30.7 Å². The summed E-state index contributed by atoms with van der Waals surface area (Å²) >= 11 is 0. The molecule has 0 aromatic carbocycles. The van der Waals surface area contributed by atoms with E-state index in [4.69, 9.17) is 0 Å². The third-order valence-corrected chi connectivity index (χ3v) is 1.41. The summed E-state index contributed by atoms with van der Waals surface area (Å²) in [5, 5.41) is 0. The van der Waals surface area contributed by atoms with Crippen LogP contribution in [0.5, 0.6) is 0 Å². The molecule has 0 unspecified atom stereocenters. The Morgan fingerprint density at radius 3 is 2.50 bits per heavy atom. The van der Waals surface area contributed by atoms with Gasteiger partial charge in [0, 0.05) is 0 Å². The fourth-order valence-electron chi connectivity index (χ4n) is 0.770. The van der Waals surface area contributed by atoms with Gasteiger partial charge in [0.25, 0.3) is 0 Å². The van der Waals surface area contributed by atoms with Crippen LogP contribution in [0, 0.1) is 0 Å². The van der Waals surface area contributed by atoms with Gasteiger partial charge in [-0.15, -0.1) is 5.73 Å². The molecule has 0 N–H and O–H groups in total. The van der Waals surface area contributed by atoms with Crippen molar-refractivity contribution in [2.45, 2.75) is 13.1 Å². The predicted octanol–water partition coefficient (Wildman–Crippen LogP) is 3.15. The van der Waals surface area contributed by atoms with Gasteiger partial charge in [-0.25, -0.2) is 0 Å². The molecule has 0 spiro atoms. The van der Waals surface area contributed by atoms with E-state index in [1.807, 2.05) is 0 Å². The fourth-order valence-corrected chi connectivity index (χ4v) is 0.770.